The fourth-order valence-electron chi connectivity index (χ4n) is 3.28. The minimum Gasteiger partial charge on any atom is -0.456 e. The number of allylic oxidation sites excluding steroid dienone is 2. The second-order valence-corrected chi connectivity index (χ2v) is 6.46. The monoisotopic (exact) mass is 371 g/mol. The lowest BCUT2D eigenvalue weighted by molar-refractivity contribution is -0.104. The van der Waals surface area contributed by atoms with E-state index in [1.165, 1.54) is 5.49 Å². The van der Waals surface area contributed by atoms with Crippen LogP contribution < -0.4 is 4.90 Å². The Morgan fingerprint density at radius 3 is 2.37 bits per heavy atom. The lowest BCUT2D eigenvalue weighted by Crippen LogP contribution is -2.21. The number of hydrogen-bond acceptors (Lipinski definition) is 3. The molecule has 4 rings (SSSR count). The molecule has 0 aliphatic rings. The molecule has 0 saturated carbocycles. The molecular weight excluding hydrogens is 354 g/mol. The SMILES string of the molecule is C/C(=C(/C=O)N(C=S)c1ccccc1)c1ccc2oc3ccccc3c2c1. The van der Waals surface area contributed by atoms with Gasteiger partial charge < -0.3 is 9.32 Å². The van der Waals surface area contributed by atoms with Gasteiger partial charge in [0.2, 0.25) is 0 Å². The summed E-state index contributed by atoms with van der Waals surface area (Å²) >= 11 is 5.19. The van der Waals surface area contributed by atoms with E-state index in [9.17, 15) is 4.79 Å². The Kier molecular flexibility index (Phi) is 4.57. The van der Waals surface area contributed by atoms with Crippen molar-refractivity contribution in [2.75, 3.05) is 4.90 Å². The zero-order chi connectivity index (χ0) is 18.8. The van der Waals surface area contributed by atoms with Gasteiger partial charge in [0.1, 0.15) is 11.2 Å². The average Bonchev–Trinajstić information content (AvgIpc) is 3.10. The van der Waals surface area contributed by atoms with Crippen molar-refractivity contribution in [3.05, 3.63) is 84.1 Å². The largest absolute Gasteiger partial charge is 0.456 e. The molecule has 0 radical (unpaired) electrons. The third-order valence-corrected chi connectivity index (χ3v) is 4.92. The lowest BCUT2D eigenvalue weighted by atomic mass is 10.0. The maximum atomic E-state index is 11.9. The Hall–Kier alpha value is -3.24. The number of fused-ring (bicyclic) bond motifs is 3. The second-order valence-electron chi connectivity index (χ2n) is 6.25. The Bertz CT molecular complexity index is 1170. The normalized spacial score (nSPS) is 12.0. The molecule has 132 valence electrons. The van der Waals surface area contributed by atoms with E-state index in [0.717, 1.165) is 45.0 Å². The molecule has 0 unspecified atom stereocenters. The topological polar surface area (TPSA) is 33.5 Å². The molecule has 3 nitrogen and oxygen atoms in total. The molecule has 0 amide bonds. The molecule has 1 heterocycles. The molecule has 0 N–H and O–H groups in total. The zero-order valence-electron chi connectivity index (χ0n) is 14.8. The van der Waals surface area contributed by atoms with Crippen LogP contribution in [-0.4, -0.2) is 11.8 Å². The van der Waals surface area contributed by atoms with E-state index in [-0.39, 0.29) is 0 Å². The van der Waals surface area contributed by atoms with E-state index in [1.807, 2.05) is 73.7 Å². The van der Waals surface area contributed by atoms with Crippen molar-refractivity contribution in [2.45, 2.75) is 6.92 Å². The molecule has 1 aromatic heterocycles. The van der Waals surface area contributed by atoms with Crippen LogP contribution in [0.4, 0.5) is 5.69 Å². The summed E-state index contributed by atoms with van der Waals surface area (Å²) in [6.07, 6.45) is 0.850. The number of furan rings is 1. The van der Waals surface area contributed by atoms with Gasteiger partial charge in [-0.3, -0.25) is 4.79 Å². The van der Waals surface area contributed by atoms with Crippen molar-refractivity contribution in [2.24, 2.45) is 0 Å². The van der Waals surface area contributed by atoms with Crippen LogP contribution in [0.1, 0.15) is 12.5 Å². The Balaban J connectivity index is 1.88. The first-order chi connectivity index (χ1) is 13.2. The summed E-state index contributed by atoms with van der Waals surface area (Å²) in [5.74, 6) is 0. The number of nitrogens with zero attached hydrogens (tertiary/aromatic N) is 1. The van der Waals surface area contributed by atoms with Crippen LogP contribution in [0, 0.1) is 0 Å². The van der Waals surface area contributed by atoms with Gasteiger partial charge in [-0.25, -0.2) is 0 Å². The third kappa shape index (κ3) is 3.04. The number of para-hydroxylation sites is 2. The number of benzene rings is 3. The lowest BCUT2D eigenvalue weighted by Gasteiger charge is -2.21. The molecule has 0 saturated heterocycles. The zero-order valence-corrected chi connectivity index (χ0v) is 15.6. The van der Waals surface area contributed by atoms with Gasteiger partial charge in [-0.05, 0) is 48.4 Å². The molecule has 0 aliphatic carbocycles. The van der Waals surface area contributed by atoms with Crippen LogP contribution in [0.25, 0.3) is 27.5 Å². The third-order valence-electron chi connectivity index (χ3n) is 4.70. The Morgan fingerprint density at radius 1 is 0.926 bits per heavy atom. The first-order valence-electron chi connectivity index (χ1n) is 8.60. The molecule has 0 fully saturated rings. The van der Waals surface area contributed by atoms with Gasteiger partial charge in [0.15, 0.2) is 6.29 Å². The van der Waals surface area contributed by atoms with Gasteiger partial charge in [-0.15, -0.1) is 0 Å². The molecular formula is C23H17NO2S. The van der Waals surface area contributed by atoms with Gasteiger partial charge in [-0.2, -0.15) is 0 Å². The van der Waals surface area contributed by atoms with Crippen molar-refractivity contribution in [1.29, 1.82) is 0 Å². The molecule has 4 aromatic rings. The van der Waals surface area contributed by atoms with Gasteiger partial charge in [0.25, 0.3) is 0 Å². The van der Waals surface area contributed by atoms with E-state index in [1.54, 1.807) is 4.90 Å². The highest BCUT2D eigenvalue weighted by molar-refractivity contribution is 7.79. The van der Waals surface area contributed by atoms with Gasteiger partial charge >= 0.3 is 0 Å². The minimum atomic E-state index is 0.517. The van der Waals surface area contributed by atoms with Crippen LogP contribution in [0.3, 0.4) is 0 Å². The van der Waals surface area contributed by atoms with E-state index >= 15 is 0 Å². The maximum Gasteiger partial charge on any atom is 0.167 e. The minimum absolute atomic E-state index is 0.517. The highest BCUT2D eigenvalue weighted by atomic mass is 32.1. The molecule has 0 spiro atoms. The van der Waals surface area contributed by atoms with Crippen molar-refractivity contribution >= 4 is 57.2 Å². The second kappa shape index (κ2) is 7.17. The van der Waals surface area contributed by atoms with Crippen molar-refractivity contribution < 1.29 is 9.21 Å². The first kappa shape index (κ1) is 17.2. The summed E-state index contributed by atoms with van der Waals surface area (Å²) in [7, 11) is 0. The highest BCUT2D eigenvalue weighted by Gasteiger charge is 2.15. The van der Waals surface area contributed by atoms with Crippen LogP contribution in [-0.2, 0) is 4.79 Å². The summed E-state index contributed by atoms with van der Waals surface area (Å²) in [6, 6.07) is 23.5. The number of carbonyl (C=O) groups is 1. The molecule has 0 bridgehead atoms. The number of thiocarbonyl (C=S) groups is 1. The maximum absolute atomic E-state index is 11.9. The Labute approximate surface area is 162 Å². The standard InChI is InChI=1S/C23H17NO2S/c1-16(21(14-25)24(15-27)18-7-3-2-4-8-18)17-11-12-23-20(13-17)19-9-5-6-10-22(19)26-23/h2-15H,1H3/b21-16+. The number of aldehydes is 1. The summed E-state index contributed by atoms with van der Waals surface area (Å²) in [6.45, 7) is 1.93. The summed E-state index contributed by atoms with van der Waals surface area (Å²) in [5, 5.41) is 2.09. The van der Waals surface area contributed by atoms with Gasteiger partial charge in [0.05, 0.1) is 11.2 Å². The number of anilines is 1. The summed E-state index contributed by atoms with van der Waals surface area (Å²) in [4.78, 5) is 13.7. The van der Waals surface area contributed by atoms with E-state index < -0.39 is 0 Å². The van der Waals surface area contributed by atoms with Crippen LogP contribution >= 0.6 is 12.2 Å². The van der Waals surface area contributed by atoms with Crippen LogP contribution in [0.15, 0.2) is 82.9 Å². The average molecular weight is 371 g/mol. The van der Waals surface area contributed by atoms with Crippen molar-refractivity contribution in [3.8, 4) is 0 Å². The van der Waals surface area contributed by atoms with Crippen molar-refractivity contribution in [3.63, 3.8) is 0 Å². The van der Waals surface area contributed by atoms with E-state index in [4.69, 9.17) is 16.6 Å². The molecule has 27 heavy (non-hydrogen) atoms. The van der Waals surface area contributed by atoms with E-state index in [0.29, 0.717) is 5.70 Å². The van der Waals surface area contributed by atoms with E-state index in [2.05, 4.69) is 6.07 Å². The number of carbonyl (C=O) groups excluding carboxylic acids is 1. The molecule has 4 heteroatoms. The van der Waals surface area contributed by atoms with Crippen molar-refractivity contribution in [1.82, 2.24) is 0 Å². The van der Waals surface area contributed by atoms with Gasteiger partial charge in [-0.1, -0.05) is 54.7 Å². The van der Waals surface area contributed by atoms with Crippen LogP contribution in [0.5, 0.6) is 0 Å². The fraction of sp³-hybridized carbons (Fsp3) is 0.0435. The summed E-state index contributed by atoms with van der Waals surface area (Å²) in [5.41, 5.74) is 6.35. The predicted molar refractivity (Wildman–Crippen MR) is 115 cm³/mol. The quantitative estimate of drug-likeness (QED) is 0.245. The first-order valence-corrected chi connectivity index (χ1v) is 9.07. The summed E-state index contributed by atoms with van der Waals surface area (Å²) < 4.78 is 5.89. The highest BCUT2D eigenvalue weighted by Crippen LogP contribution is 2.32. The number of rotatable bonds is 5. The predicted octanol–water partition coefficient (Wildman–Crippen LogP) is 5.98. The number of hydrogen-bond donors (Lipinski definition) is 0. The Morgan fingerprint density at radius 2 is 1.63 bits per heavy atom. The molecule has 0 atom stereocenters. The molecule has 0 aliphatic heterocycles. The van der Waals surface area contributed by atoms with Crippen LogP contribution in [0.2, 0.25) is 0 Å². The smallest absolute Gasteiger partial charge is 0.167 e. The fourth-order valence-corrected chi connectivity index (χ4v) is 3.51. The molecule has 3 aromatic carbocycles. The van der Waals surface area contributed by atoms with Gasteiger partial charge in [0, 0.05) is 16.5 Å².